The zero-order valence-corrected chi connectivity index (χ0v) is 4.52. The molecule has 1 aliphatic rings. The minimum absolute atomic E-state index is 0.583. The van der Waals surface area contributed by atoms with Gasteiger partial charge in [-0.3, -0.25) is 0 Å². The fourth-order valence-corrected chi connectivity index (χ4v) is 0.779. The Morgan fingerprint density at radius 1 is 1.12 bits per heavy atom. The van der Waals surface area contributed by atoms with Gasteiger partial charge in [-0.1, -0.05) is 0 Å². The highest BCUT2D eigenvalue weighted by atomic mass is 14.5. The molecule has 0 aromatic heterocycles. The van der Waals surface area contributed by atoms with Crippen LogP contribution in [0.2, 0.25) is 0 Å². The molecule has 1 rings (SSSR count). The molecule has 0 aromatic rings. The van der Waals surface area contributed by atoms with Crippen molar-refractivity contribution >= 4 is 0 Å². The molecular weight excluding hydrogens is 100 g/mol. The first-order chi connectivity index (χ1) is 3.83. The Hall–Kier alpha value is -1.02. The molecule has 0 spiro atoms. The third-order valence-electron chi connectivity index (χ3n) is 1.64. The van der Waals surface area contributed by atoms with Gasteiger partial charge in [0.25, 0.3) is 0 Å². The highest BCUT2D eigenvalue weighted by molar-refractivity contribution is 5.17. The third-order valence-corrected chi connectivity index (χ3v) is 1.64. The van der Waals surface area contributed by atoms with Crippen LogP contribution in [0.4, 0.5) is 0 Å². The summed E-state index contributed by atoms with van der Waals surface area (Å²) in [7, 11) is 0. The van der Waals surface area contributed by atoms with Crippen molar-refractivity contribution < 1.29 is 0 Å². The Bertz CT molecular complexity index is 150. The Kier molecular flexibility index (Phi) is 0.954. The van der Waals surface area contributed by atoms with Crippen molar-refractivity contribution in [3.8, 4) is 12.1 Å². The van der Waals surface area contributed by atoms with E-state index in [2.05, 4.69) is 0 Å². The van der Waals surface area contributed by atoms with E-state index in [9.17, 15) is 0 Å². The van der Waals surface area contributed by atoms with Crippen molar-refractivity contribution in [3.63, 3.8) is 0 Å². The zero-order valence-electron chi connectivity index (χ0n) is 4.52. The number of nitriles is 2. The summed E-state index contributed by atoms with van der Waals surface area (Å²) in [5, 5.41) is 16.7. The van der Waals surface area contributed by atoms with E-state index in [0.29, 0.717) is 0 Å². The summed E-state index contributed by atoms with van der Waals surface area (Å²) in [4.78, 5) is 0. The van der Waals surface area contributed by atoms with Gasteiger partial charge in [-0.25, -0.2) is 0 Å². The summed E-state index contributed by atoms with van der Waals surface area (Å²) < 4.78 is 0. The van der Waals surface area contributed by atoms with Crippen LogP contribution in [-0.2, 0) is 0 Å². The van der Waals surface area contributed by atoms with E-state index in [1.807, 2.05) is 12.1 Å². The van der Waals surface area contributed by atoms with Crippen LogP contribution in [0.25, 0.3) is 0 Å². The molecule has 1 saturated carbocycles. The molecule has 0 N–H and O–H groups in total. The van der Waals surface area contributed by atoms with Crippen molar-refractivity contribution in [2.24, 2.45) is 5.41 Å². The molecule has 8 heavy (non-hydrogen) atoms. The lowest BCUT2D eigenvalue weighted by Gasteiger charge is -2.26. The maximum atomic E-state index is 8.36. The van der Waals surface area contributed by atoms with Crippen LogP contribution in [0, 0.1) is 28.1 Å². The summed E-state index contributed by atoms with van der Waals surface area (Å²) in [6, 6.07) is 4.01. The summed E-state index contributed by atoms with van der Waals surface area (Å²) in [5.41, 5.74) is -0.583. The van der Waals surface area contributed by atoms with E-state index in [1.54, 1.807) is 0 Å². The SMILES string of the molecule is N#CC1(C#N)CCC1. The monoisotopic (exact) mass is 106 g/mol. The van der Waals surface area contributed by atoms with Gasteiger partial charge in [-0.2, -0.15) is 10.5 Å². The Morgan fingerprint density at radius 2 is 1.62 bits per heavy atom. The third kappa shape index (κ3) is 0.468. The summed E-state index contributed by atoms with van der Waals surface area (Å²) in [6.07, 6.45) is 2.60. The molecule has 0 atom stereocenters. The second-order valence-electron chi connectivity index (χ2n) is 2.16. The first kappa shape index (κ1) is 5.12. The maximum absolute atomic E-state index is 8.36. The fourth-order valence-electron chi connectivity index (χ4n) is 0.779. The predicted molar refractivity (Wildman–Crippen MR) is 27.5 cm³/mol. The van der Waals surface area contributed by atoms with E-state index in [-0.39, 0.29) is 0 Å². The van der Waals surface area contributed by atoms with Gasteiger partial charge in [0.15, 0.2) is 0 Å². The van der Waals surface area contributed by atoms with E-state index < -0.39 is 5.41 Å². The average molecular weight is 106 g/mol. The molecule has 0 radical (unpaired) electrons. The minimum Gasteiger partial charge on any atom is -0.197 e. The average Bonchev–Trinajstić information content (AvgIpc) is 1.67. The second-order valence-corrected chi connectivity index (χ2v) is 2.16. The summed E-state index contributed by atoms with van der Waals surface area (Å²) >= 11 is 0. The molecule has 0 aromatic carbocycles. The van der Waals surface area contributed by atoms with E-state index in [1.165, 1.54) is 0 Å². The van der Waals surface area contributed by atoms with Crippen LogP contribution in [-0.4, -0.2) is 0 Å². The molecule has 1 fully saturated rings. The lowest BCUT2D eigenvalue weighted by Crippen LogP contribution is -2.24. The molecule has 2 nitrogen and oxygen atoms in total. The second kappa shape index (κ2) is 1.49. The lowest BCUT2D eigenvalue weighted by atomic mass is 9.71. The number of hydrogen-bond donors (Lipinski definition) is 0. The molecule has 0 unspecified atom stereocenters. The van der Waals surface area contributed by atoms with Gasteiger partial charge in [0.1, 0.15) is 5.41 Å². The van der Waals surface area contributed by atoms with Crippen LogP contribution in [0.15, 0.2) is 0 Å². The molecule has 0 saturated heterocycles. The highest BCUT2D eigenvalue weighted by Crippen LogP contribution is 2.38. The number of nitrogens with zero attached hydrogens (tertiary/aromatic N) is 2. The van der Waals surface area contributed by atoms with Gasteiger partial charge in [0.05, 0.1) is 12.1 Å². The van der Waals surface area contributed by atoms with Crippen molar-refractivity contribution in [3.05, 3.63) is 0 Å². The Morgan fingerprint density at radius 3 is 1.62 bits per heavy atom. The van der Waals surface area contributed by atoms with Gasteiger partial charge in [0, 0.05) is 0 Å². The van der Waals surface area contributed by atoms with Gasteiger partial charge in [-0.05, 0) is 19.3 Å². The van der Waals surface area contributed by atoms with Gasteiger partial charge in [-0.15, -0.1) is 0 Å². The van der Waals surface area contributed by atoms with Gasteiger partial charge in [0.2, 0.25) is 0 Å². The Balaban J connectivity index is 2.66. The van der Waals surface area contributed by atoms with Crippen LogP contribution < -0.4 is 0 Å². The van der Waals surface area contributed by atoms with E-state index in [4.69, 9.17) is 10.5 Å². The molecule has 1 aliphatic carbocycles. The fraction of sp³-hybridized carbons (Fsp3) is 0.667. The molecule has 0 amide bonds. The molecule has 0 heterocycles. The molecule has 2 heteroatoms. The first-order valence-corrected chi connectivity index (χ1v) is 2.65. The zero-order chi connectivity index (χ0) is 6.04. The van der Waals surface area contributed by atoms with E-state index >= 15 is 0 Å². The lowest BCUT2D eigenvalue weighted by molar-refractivity contribution is 0.299. The smallest absolute Gasteiger partial charge is 0.143 e. The predicted octanol–water partition coefficient (Wildman–Crippen LogP) is 1.20. The van der Waals surface area contributed by atoms with Gasteiger partial charge < -0.3 is 0 Å². The normalized spacial score (nSPS) is 22.2. The quantitative estimate of drug-likeness (QED) is 0.466. The largest absolute Gasteiger partial charge is 0.197 e. The van der Waals surface area contributed by atoms with E-state index in [0.717, 1.165) is 19.3 Å². The molecular formula is C6H6N2. The summed E-state index contributed by atoms with van der Waals surface area (Å²) in [5.74, 6) is 0. The van der Waals surface area contributed by atoms with Crippen molar-refractivity contribution in [1.82, 2.24) is 0 Å². The number of rotatable bonds is 0. The Labute approximate surface area is 48.3 Å². The van der Waals surface area contributed by atoms with Crippen LogP contribution >= 0.6 is 0 Å². The van der Waals surface area contributed by atoms with Crippen molar-refractivity contribution in [2.45, 2.75) is 19.3 Å². The van der Waals surface area contributed by atoms with Crippen LogP contribution in [0.3, 0.4) is 0 Å². The maximum Gasteiger partial charge on any atom is 0.143 e. The van der Waals surface area contributed by atoms with Crippen LogP contribution in [0.1, 0.15) is 19.3 Å². The van der Waals surface area contributed by atoms with Crippen LogP contribution in [0.5, 0.6) is 0 Å². The summed E-state index contributed by atoms with van der Waals surface area (Å²) in [6.45, 7) is 0. The van der Waals surface area contributed by atoms with Crippen molar-refractivity contribution in [2.75, 3.05) is 0 Å². The highest BCUT2D eigenvalue weighted by Gasteiger charge is 2.36. The molecule has 0 aliphatic heterocycles. The number of hydrogen-bond acceptors (Lipinski definition) is 2. The van der Waals surface area contributed by atoms with Gasteiger partial charge >= 0.3 is 0 Å². The topological polar surface area (TPSA) is 47.6 Å². The minimum atomic E-state index is -0.583. The first-order valence-electron chi connectivity index (χ1n) is 2.65. The molecule has 40 valence electrons. The van der Waals surface area contributed by atoms with Crippen molar-refractivity contribution in [1.29, 1.82) is 10.5 Å². The molecule has 0 bridgehead atoms. The standard InChI is InChI=1S/C6H6N2/c7-4-6(5-8)2-1-3-6/h1-3H2.